The van der Waals surface area contributed by atoms with E-state index in [0.29, 0.717) is 23.5 Å². The number of anilines is 2. The zero-order valence-corrected chi connectivity index (χ0v) is 22.4. The van der Waals surface area contributed by atoms with Gasteiger partial charge >= 0.3 is 0 Å². The van der Waals surface area contributed by atoms with Crippen LogP contribution in [0.25, 0.3) is 0 Å². The summed E-state index contributed by atoms with van der Waals surface area (Å²) in [5, 5.41) is 3.17. The molecule has 1 amide bonds. The van der Waals surface area contributed by atoms with Crippen LogP contribution in [0.1, 0.15) is 79.7 Å². The third-order valence-corrected chi connectivity index (χ3v) is 9.04. The molecule has 0 spiro atoms. The van der Waals surface area contributed by atoms with Crippen LogP contribution in [0.15, 0.2) is 59.8 Å². The zero-order valence-electron chi connectivity index (χ0n) is 21.6. The molecule has 10 heteroatoms. The molecule has 1 aliphatic carbocycles. The van der Waals surface area contributed by atoms with E-state index >= 15 is 0 Å². The third kappa shape index (κ3) is 4.84. The summed E-state index contributed by atoms with van der Waals surface area (Å²) < 4.78 is 28.8. The summed E-state index contributed by atoms with van der Waals surface area (Å²) in [6.45, 7) is 5.08. The van der Waals surface area contributed by atoms with Crippen LogP contribution in [0.4, 0.5) is 11.6 Å². The van der Waals surface area contributed by atoms with E-state index < -0.39 is 15.9 Å². The van der Waals surface area contributed by atoms with Crippen LogP contribution in [0.5, 0.6) is 0 Å². The van der Waals surface area contributed by atoms with E-state index in [1.165, 1.54) is 6.07 Å². The Morgan fingerprint density at radius 1 is 0.947 bits per heavy atom. The summed E-state index contributed by atoms with van der Waals surface area (Å²) in [5.41, 5.74) is 1.85. The van der Waals surface area contributed by atoms with Crippen molar-refractivity contribution in [1.29, 1.82) is 0 Å². The number of nitrogens with zero attached hydrogens (tertiary/aromatic N) is 4. The quantitative estimate of drug-likeness (QED) is 0.498. The molecule has 3 aromatic heterocycles. The van der Waals surface area contributed by atoms with Crippen LogP contribution in [0, 0.1) is 5.92 Å². The second-order valence-corrected chi connectivity index (χ2v) is 12.8. The minimum atomic E-state index is -4.22. The highest BCUT2D eigenvalue weighted by molar-refractivity contribution is 7.90. The van der Waals surface area contributed by atoms with Crippen molar-refractivity contribution in [2.75, 3.05) is 16.8 Å². The van der Waals surface area contributed by atoms with Crippen LogP contribution in [0.2, 0.25) is 0 Å². The number of carbonyl (C=O) groups excluding carboxylic acids is 1. The van der Waals surface area contributed by atoms with E-state index in [0.717, 1.165) is 50.0 Å². The Morgan fingerprint density at radius 2 is 1.79 bits per heavy atom. The fourth-order valence-corrected chi connectivity index (χ4v) is 6.67. The Balaban J connectivity index is 1.45. The maximum absolute atomic E-state index is 13.5. The second-order valence-electron chi connectivity index (χ2n) is 11.2. The Bertz CT molecular complexity index is 1470. The summed E-state index contributed by atoms with van der Waals surface area (Å²) in [4.78, 5) is 29.5. The molecule has 5 heterocycles. The lowest BCUT2D eigenvalue weighted by Crippen LogP contribution is -2.41. The molecule has 3 aromatic rings. The van der Waals surface area contributed by atoms with E-state index in [1.54, 1.807) is 24.4 Å². The van der Waals surface area contributed by atoms with Gasteiger partial charge in [-0.25, -0.2) is 14.7 Å². The molecular formula is C28H32N6O3S. The molecule has 0 aromatic carbocycles. The van der Waals surface area contributed by atoms with Gasteiger partial charge in [0.15, 0.2) is 5.03 Å². The van der Waals surface area contributed by atoms with Gasteiger partial charge in [0.05, 0.1) is 17.3 Å². The molecule has 1 saturated carbocycles. The number of rotatable bonds is 2. The third-order valence-electron chi connectivity index (χ3n) is 7.81. The highest BCUT2D eigenvalue weighted by Crippen LogP contribution is 2.43. The fourth-order valence-electron chi connectivity index (χ4n) is 5.74. The SMILES string of the molecule is CC1(C)C[C@@H]2CC[C@H](c3ccccn3)Nc3cccc(n3)S(=O)(=O)NC(=O)c3ccc(C4CC4)nc3N1C2. The van der Waals surface area contributed by atoms with Gasteiger partial charge in [0, 0.05) is 29.9 Å². The largest absolute Gasteiger partial charge is 0.362 e. The maximum Gasteiger partial charge on any atom is 0.281 e. The Morgan fingerprint density at radius 3 is 2.55 bits per heavy atom. The number of pyridine rings is 3. The van der Waals surface area contributed by atoms with Crippen LogP contribution < -0.4 is 14.9 Å². The van der Waals surface area contributed by atoms with Gasteiger partial charge in [0.1, 0.15) is 11.6 Å². The molecule has 9 nitrogen and oxygen atoms in total. The molecule has 0 unspecified atom stereocenters. The Kier molecular flexibility index (Phi) is 6.09. The summed E-state index contributed by atoms with van der Waals surface area (Å²) >= 11 is 0. The van der Waals surface area contributed by atoms with E-state index in [2.05, 4.69) is 38.8 Å². The minimum Gasteiger partial charge on any atom is -0.362 e. The van der Waals surface area contributed by atoms with Crippen LogP contribution in [-0.4, -0.2) is 41.4 Å². The average Bonchev–Trinajstić information content (AvgIpc) is 3.70. The lowest BCUT2D eigenvalue weighted by Gasteiger charge is -2.34. The average molecular weight is 533 g/mol. The number of nitrogens with one attached hydrogen (secondary N) is 2. The van der Waals surface area contributed by atoms with Crippen molar-refractivity contribution in [3.63, 3.8) is 0 Å². The van der Waals surface area contributed by atoms with Crippen LogP contribution in [0.3, 0.4) is 0 Å². The topological polar surface area (TPSA) is 117 Å². The van der Waals surface area contributed by atoms with E-state index in [1.807, 2.05) is 24.3 Å². The lowest BCUT2D eigenvalue weighted by molar-refractivity contribution is 0.0981. The van der Waals surface area contributed by atoms with Crippen molar-refractivity contribution < 1.29 is 13.2 Å². The summed E-state index contributed by atoms with van der Waals surface area (Å²) in [6.07, 6.45) is 6.59. The molecule has 4 bridgehead atoms. The predicted octanol–water partition coefficient (Wildman–Crippen LogP) is 4.42. The van der Waals surface area contributed by atoms with E-state index in [9.17, 15) is 13.2 Å². The molecule has 1 saturated heterocycles. The van der Waals surface area contributed by atoms with Crippen molar-refractivity contribution >= 4 is 27.6 Å². The van der Waals surface area contributed by atoms with Gasteiger partial charge in [-0.1, -0.05) is 12.1 Å². The minimum absolute atomic E-state index is 0.148. The van der Waals surface area contributed by atoms with Crippen molar-refractivity contribution in [1.82, 2.24) is 19.7 Å². The van der Waals surface area contributed by atoms with Gasteiger partial charge in [0.25, 0.3) is 15.9 Å². The molecule has 2 fully saturated rings. The number of carbonyl (C=O) groups is 1. The first-order valence-electron chi connectivity index (χ1n) is 13.2. The Hall–Kier alpha value is -3.53. The summed E-state index contributed by atoms with van der Waals surface area (Å²) in [6, 6.07) is 14.0. The molecule has 3 aliphatic rings. The molecule has 198 valence electrons. The molecule has 6 rings (SSSR count). The zero-order chi connectivity index (χ0) is 26.5. The van der Waals surface area contributed by atoms with Gasteiger partial charge in [-0.3, -0.25) is 9.78 Å². The van der Waals surface area contributed by atoms with Gasteiger partial charge in [0.2, 0.25) is 0 Å². The summed E-state index contributed by atoms with van der Waals surface area (Å²) in [7, 11) is -4.22. The van der Waals surface area contributed by atoms with Crippen molar-refractivity contribution in [3.8, 4) is 0 Å². The predicted molar refractivity (Wildman–Crippen MR) is 144 cm³/mol. The number of fused-ring (bicyclic) bond motifs is 6. The van der Waals surface area contributed by atoms with Gasteiger partial charge in [-0.15, -0.1) is 0 Å². The van der Waals surface area contributed by atoms with Gasteiger partial charge in [-0.2, -0.15) is 8.42 Å². The molecule has 38 heavy (non-hydrogen) atoms. The number of hydrogen-bond donors (Lipinski definition) is 2. The van der Waals surface area contributed by atoms with Crippen LogP contribution >= 0.6 is 0 Å². The fraction of sp³-hybridized carbons (Fsp3) is 0.429. The number of hydrogen-bond acceptors (Lipinski definition) is 8. The van der Waals surface area contributed by atoms with Crippen molar-refractivity contribution in [2.45, 2.75) is 68.5 Å². The molecular weight excluding hydrogens is 500 g/mol. The first-order chi connectivity index (χ1) is 18.2. The monoisotopic (exact) mass is 532 g/mol. The first-order valence-corrected chi connectivity index (χ1v) is 14.7. The maximum atomic E-state index is 13.5. The molecule has 2 atom stereocenters. The van der Waals surface area contributed by atoms with Crippen molar-refractivity contribution in [2.24, 2.45) is 5.92 Å². The number of amides is 1. The smallest absolute Gasteiger partial charge is 0.281 e. The first kappa shape index (κ1) is 24.8. The summed E-state index contributed by atoms with van der Waals surface area (Å²) in [5.74, 6) is 1.05. The normalized spacial score (nSPS) is 24.4. The molecule has 2 aliphatic heterocycles. The lowest BCUT2D eigenvalue weighted by atomic mass is 9.91. The van der Waals surface area contributed by atoms with Gasteiger partial charge < -0.3 is 10.2 Å². The van der Waals surface area contributed by atoms with Crippen LogP contribution in [-0.2, 0) is 10.0 Å². The van der Waals surface area contributed by atoms with Gasteiger partial charge in [-0.05, 0) is 88.3 Å². The number of sulfonamides is 1. The highest BCUT2D eigenvalue weighted by atomic mass is 32.2. The number of aromatic nitrogens is 3. The highest BCUT2D eigenvalue weighted by Gasteiger charge is 2.41. The second kappa shape index (κ2) is 9.34. The standard InChI is InChI=1S/C28H32N6O3S/c1-28(2)16-18-9-13-23(22-6-3-4-15-29-22)30-24-7-5-8-25(32-24)38(36,37)33-27(35)20-12-14-21(19-10-11-19)31-26(20)34(28)17-18/h3-8,12,14-15,18-19,23H,9-11,13,16-17H2,1-2H3,(H,30,32)(H,33,35)/t18-,23+/m0/s1. The van der Waals surface area contributed by atoms with E-state index in [-0.39, 0.29) is 22.2 Å². The Labute approximate surface area is 223 Å². The molecule has 0 radical (unpaired) electrons. The van der Waals surface area contributed by atoms with Crippen molar-refractivity contribution in [3.05, 3.63) is 71.7 Å². The van der Waals surface area contributed by atoms with E-state index in [4.69, 9.17) is 4.98 Å². The molecule has 2 N–H and O–H groups in total.